The fourth-order valence-corrected chi connectivity index (χ4v) is 2.93. The maximum absolute atomic E-state index is 9.26. The Morgan fingerprint density at radius 2 is 2.10 bits per heavy atom. The second kappa shape index (κ2) is 6.72. The molecule has 5 heteroatoms. The quantitative estimate of drug-likeness (QED) is 0.866. The Balaban J connectivity index is 2.38. The van der Waals surface area contributed by atoms with Gasteiger partial charge in [-0.25, -0.2) is 9.97 Å². The lowest BCUT2D eigenvalue weighted by Crippen LogP contribution is -2.41. The summed E-state index contributed by atoms with van der Waals surface area (Å²) in [6, 6.07) is 0.360. The lowest BCUT2D eigenvalue weighted by atomic mass is 9.99. The van der Waals surface area contributed by atoms with Gasteiger partial charge in [-0.2, -0.15) is 0 Å². The van der Waals surface area contributed by atoms with Gasteiger partial charge in [-0.05, 0) is 32.6 Å². The average molecular weight is 298 g/mol. The van der Waals surface area contributed by atoms with E-state index in [4.69, 9.17) is 16.6 Å². The van der Waals surface area contributed by atoms with E-state index in [1.807, 2.05) is 6.92 Å². The SMILES string of the molecule is Cc1c(Cl)nc(C(C)C)nc1N1CCCCC1CCO. The topological polar surface area (TPSA) is 49.2 Å². The zero-order valence-electron chi connectivity index (χ0n) is 12.6. The van der Waals surface area contributed by atoms with Gasteiger partial charge in [0.1, 0.15) is 16.8 Å². The van der Waals surface area contributed by atoms with Crippen molar-refractivity contribution in [3.63, 3.8) is 0 Å². The molecule has 0 spiro atoms. The van der Waals surface area contributed by atoms with E-state index in [0.29, 0.717) is 11.2 Å². The monoisotopic (exact) mass is 297 g/mol. The highest BCUT2D eigenvalue weighted by Gasteiger charge is 2.26. The van der Waals surface area contributed by atoms with Crippen molar-refractivity contribution in [1.29, 1.82) is 0 Å². The number of hydrogen-bond donors (Lipinski definition) is 1. The molecule has 0 bridgehead atoms. The Hall–Kier alpha value is -0.870. The van der Waals surface area contributed by atoms with E-state index in [-0.39, 0.29) is 12.5 Å². The molecule has 1 N–H and O–H groups in total. The van der Waals surface area contributed by atoms with Crippen molar-refractivity contribution in [3.8, 4) is 0 Å². The van der Waals surface area contributed by atoms with Crippen molar-refractivity contribution in [3.05, 3.63) is 16.5 Å². The molecule has 0 saturated carbocycles. The van der Waals surface area contributed by atoms with Crippen LogP contribution >= 0.6 is 11.6 Å². The number of aliphatic hydroxyl groups excluding tert-OH is 1. The molecule has 0 radical (unpaired) electrons. The Bertz CT molecular complexity index is 463. The molecule has 1 saturated heterocycles. The van der Waals surface area contributed by atoms with Crippen molar-refractivity contribution in [2.24, 2.45) is 0 Å². The maximum Gasteiger partial charge on any atom is 0.137 e. The summed E-state index contributed by atoms with van der Waals surface area (Å²) in [7, 11) is 0. The molecule has 0 aromatic carbocycles. The summed E-state index contributed by atoms with van der Waals surface area (Å²) in [5, 5.41) is 9.81. The van der Waals surface area contributed by atoms with Crippen molar-refractivity contribution in [2.45, 2.75) is 58.4 Å². The first-order chi connectivity index (χ1) is 9.54. The molecule has 2 rings (SSSR count). The molecule has 0 amide bonds. The van der Waals surface area contributed by atoms with Crippen molar-refractivity contribution in [2.75, 3.05) is 18.1 Å². The molecule has 1 fully saturated rings. The number of rotatable bonds is 4. The van der Waals surface area contributed by atoms with E-state index in [1.54, 1.807) is 0 Å². The molecule has 0 aliphatic carbocycles. The summed E-state index contributed by atoms with van der Waals surface area (Å²) >= 11 is 6.28. The zero-order chi connectivity index (χ0) is 14.7. The van der Waals surface area contributed by atoms with Crippen LogP contribution in [0.1, 0.15) is 56.8 Å². The minimum Gasteiger partial charge on any atom is -0.396 e. The van der Waals surface area contributed by atoms with E-state index >= 15 is 0 Å². The number of aromatic nitrogens is 2. The largest absolute Gasteiger partial charge is 0.396 e. The lowest BCUT2D eigenvalue weighted by molar-refractivity contribution is 0.262. The molecule has 20 heavy (non-hydrogen) atoms. The molecule has 1 unspecified atom stereocenters. The van der Waals surface area contributed by atoms with E-state index < -0.39 is 0 Å². The van der Waals surface area contributed by atoms with Gasteiger partial charge in [0.15, 0.2) is 0 Å². The van der Waals surface area contributed by atoms with Crippen LogP contribution in [0, 0.1) is 6.92 Å². The zero-order valence-corrected chi connectivity index (χ0v) is 13.3. The number of halogens is 1. The molecule has 1 aromatic heterocycles. The summed E-state index contributed by atoms with van der Waals surface area (Å²) in [4.78, 5) is 11.4. The summed E-state index contributed by atoms with van der Waals surface area (Å²) in [5.74, 6) is 2.00. The van der Waals surface area contributed by atoms with E-state index in [0.717, 1.165) is 36.6 Å². The van der Waals surface area contributed by atoms with Crippen molar-refractivity contribution < 1.29 is 5.11 Å². The number of hydrogen-bond acceptors (Lipinski definition) is 4. The Labute approximate surface area is 126 Å². The smallest absolute Gasteiger partial charge is 0.137 e. The summed E-state index contributed by atoms with van der Waals surface area (Å²) in [6.07, 6.45) is 4.28. The van der Waals surface area contributed by atoms with Gasteiger partial charge < -0.3 is 10.0 Å². The minimum atomic E-state index is 0.218. The van der Waals surface area contributed by atoms with Crippen molar-refractivity contribution in [1.82, 2.24) is 9.97 Å². The molecule has 4 nitrogen and oxygen atoms in total. The lowest BCUT2D eigenvalue weighted by Gasteiger charge is -2.37. The molecule has 2 heterocycles. The van der Waals surface area contributed by atoms with E-state index in [9.17, 15) is 5.11 Å². The number of anilines is 1. The van der Waals surface area contributed by atoms with Crippen LogP contribution in [0.4, 0.5) is 5.82 Å². The van der Waals surface area contributed by atoms with Gasteiger partial charge in [0.2, 0.25) is 0 Å². The predicted octanol–water partition coefficient (Wildman–Crippen LogP) is 3.30. The van der Waals surface area contributed by atoms with Gasteiger partial charge in [-0.1, -0.05) is 25.4 Å². The van der Waals surface area contributed by atoms with Crippen LogP contribution in [-0.4, -0.2) is 34.3 Å². The third kappa shape index (κ3) is 3.23. The number of aliphatic hydroxyl groups is 1. The molecule has 1 aliphatic rings. The fourth-order valence-electron chi connectivity index (χ4n) is 2.76. The van der Waals surface area contributed by atoms with Gasteiger partial charge in [0.05, 0.1) is 0 Å². The van der Waals surface area contributed by atoms with Crippen LogP contribution in [0.2, 0.25) is 5.15 Å². The highest BCUT2D eigenvalue weighted by atomic mass is 35.5. The minimum absolute atomic E-state index is 0.218. The van der Waals surface area contributed by atoms with Crippen LogP contribution in [0.25, 0.3) is 0 Å². The number of piperidine rings is 1. The van der Waals surface area contributed by atoms with E-state index in [2.05, 4.69) is 23.7 Å². The maximum atomic E-state index is 9.26. The van der Waals surface area contributed by atoms with Gasteiger partial charge in [0.25, 0.3) is 0 Å². The second-order valence-electron chi connectivity index (χ2n) is 5.83. The summed E-state index contributed by atoms with van der Waals surface area (Å²) < 4.78 is 0. The van der Waals surface area contributed by atoms with Crippen LogP contribution in [0.5, 0.6) is 0 Å². The van der Waals surface area contributed by atoms with Gasteiger partial charge in [-0.15, -0.1) is 0 Å². The average Bonchev–Trinajstić information content (AvgIpc) is 2.43. The molecule has 1 aliphatic heterocycles. The number of nitrogens with zero attached hydrogens (tertiary/aromatic N) is 3. The molecular weight excluding hydrogens is 274 g/mol. The Morgan fingerprint density at radius 1 is 1.35 bits per heavy atom. The summed E-state index contributed by atoms with van der Waals surface area (Å²) in [5.41, 5.74) is 0.945. The highest BCUT2D eigenvalue weighted by molar-refractivity contribution is 6.30. The van der Waals surface area contributed by atoms with Gasteiger partial charge in [0, 0.05) is 30.7 Å². The Morgan fingerprint density at radius 3 is 2.75 bits per heavy atom. The first kappa shape index (κ1) is 15.5. The fraction of sp³-hybridized carbons (Fsp3) is 0.733. The first-order valence-corrected chi connectivity index (χ1v) is 7.84. The first-order valence-electron chi connectivity index (χ1n) is 7.46. The van der Waals surface area contributed by atoms with Crippen LogP contribution in [0.3, 0.4) is 0 Å². The van der Waals surface area contributed by atoms with E-state index in [1.165, 1.54) is 12.8 Å². The van der Waals surface area contributed by atoms with Crippen molar-refractivity contribution >= 4 is 17.4 Å². The molecule has 1 atom stereocenters. The third-order valence-electron chi connectivity index (χ3n) is 3.96. The van der Waals surface area contributed by atoms with Gasteiger partial charge in [-0.3, -0.25) is 0 Å². The Kier molecular flexibility index (Phi) is 5.22. The van der Waals surface area contributed by atoms with Crippen LogP contribution < -0.4 is 4.90 Å². The summed E-state index contributed by atoms with van der Waals surface area (Å²) in [6.45, 7) is 7.33. The van der Waals surface area contributed by atoms with Crippen LogP contribution in [-0.2, 0) is 0 Å². The molecule has 1 aromatic rings. The molecular formula is C15H24ClN3O. The van der Waals surface area contributed by atoms with Gasteiger partial charge >= 0.3 is 0 Å². The second-order valence-corrected chi connectivity index (χ2v) is 6.19. The predicted molar refractivity (Wildman–Crippen MR) is 82.6 cm³/mol. The third-order valence-corrected chi connectivity index (χ3v) is 4.32. The molecule has 112 valence electrons. The normalized spacial score (nSPS) is 19.7. The highest BCUT2D eigenvalue weighted by Crippen LogP contribution is 2.31. The van der Waals surface area contributed by atoms with Crippen LogP contribution in [0.15, 0.2) is 0 Å². The standard InChI is InChI=1S/C15H24ClN3O/c1-10(2)14-17-13(16)11(3)15(18-14)19-8-5-4-6-12(19)7-9-20/h10,12,20H,4-9H2,1-3H3.